The molecule has 1 aromatic heterocycles. The van der Waals surface area contributed by atoms with Crippen molar-refractivity contribution in [3.8, 4) is 22.9 Å². The van der Waals surface area contributed by atoms with Crippen LogP contribution in [0.2, 0.25) is 5.02 Å². The normalized spacial score (nSPS) is 10.4. The number of hydrogen-bond donors (Lipinski definition) is 1. The Hall–Kier alpha value is -3.12. The highest BCUT2D eigenvalue weighted by Crippen LogP contribution is 2.21. The highest BCUT2D eigenvalue weighted by atomic mass is 35.5. The van der Waals surface area contributed by atoms with E-state index in [2.05, 4.69) is 15.5 Å². The minimum absolute atomic E-state index is 0.183. The SMILES string of the molecule is CCOc1ccc(-c2ccc(OCCNC(=O)c3ccc(Cl)cc3)nn2)cc1. The molecule has 3 aromatic rings. The topological polar surface area (TPSA) is 73.3 Å². The number of hydrogen-bond acceptors (Lipinski definition) is 5. The van der Waals surface area contributed by atoms with Gasteiger partial charge in [-0.15, -0.1) is 10.2 Å². The third-order valence-corrected chi connectivity index (χ3v) is 4.10. The fourth-order valence-corrected chi connectivity index (χ4v) is 2.59. The number of amides is 1. The Labute approximate surface area is 168 Å². The Morgan fingerprint density at radius 3 is 2.36 bits per heavy atom. The molecule has 0 saturated heterocycles. The zero-order chi connectivity index (χ0) is 19.8. The minimum Gasteiger partial charge on any atom is -0.494 e. The molecule has 0 bridgehead atoms. The average molecular weight is 398 g/mol. The van der Waals surface area contributed by atoms with E-state index in [0.29, 0.717) is 29.6 Å². The van der Waals surface area contributed by atoms with E-state index in [4.69, 9.17) is 21.1 Å². The van der Waals surface area contributed by atoms with Crippen LogP contribution in [0.15, 0.2) is 60.7 Å². The molecule has 0 aliphatic heterocycles. The van der Waals surface area contributed by atoms with Crippen LogP contribution in [-0.4, -0.2) is 35.9 Å². The van der Waals surface area contributed by atoms with Gasteiger partial charge in [-0.3, -0.25) is 4.79 Å². The number of rotatable bonds is 8. The molecule has 0 saturated carbocycles. The van der Waals surface area contributed by atoms with Gasteiger partial charge < -0.3 is 14.8 Å². The molecule has 1 N–H and O–H groups in total. The van der Waals surface area contributed by atoms with Crippen molar-refractivity contribution in [2.24, 2.45) is 0 Å². The van der Waals surface area contributed by atoms with E-state index in [9.17, 15) is 4.79 Å². The summed E-state index contributed by atoms with van der Waals surface area (Å²) in [6, 6.07) is 17.9. The average Bonchev–Trinajstić information content (AvgIpc) is 2.73. The van der Waals surface area contributed by atoms with Crippen molar-refractivity contribution < 1.29 is 14.3 Å². The molecule has 0 unspecified atom stereocenters. The van der Waals surface area contributed by atoms with E-state index in [1.807, 2.05) is 37.3 Å². The molecular formula is C21H20ClN3O3. The van der Waals surface area contributed by atoms with Gasteiger partial charge in [-0.1, -0.05) is 11.6 Å². The van der Waals surface area contributed by atoms with E-state index < -0.39 is 0 Å². The van der Waals surface area contributed by atoms with Gasteiger partial charge in [0, 0.05) is 22.2 Å². The Morgan fingerprint density at radius 2 is 1.71 bits per heavy atom. The van der Waals surface area contributed by atoms with Crippen molar-refractivity contribution in [3.63, 3.8) is 0 Å². The molecular weight excluding hydrogens is 378 g/mol. The quantitative estimate of drug-likeness (QED) is 0.581. The first-order valence-corrected chi connectivity index (χ1v) is 9.27. The monoisotopic (exact) mass is 397 g/mol. The van der Waals surface area contributed by atoms with Crippen LogP contribution in [0.3, 0.4) is 0 Å². The summed E-state index contributed by atoms with van der Waals surface area (Å²) < 4.78 is 11.0. The molecule has 1 heterocycles. The molecule has 3 rings (SSSR count). The molecule has 2 aromatic carbocycles. The van der Waals surface area contributed by atoms with Gasteiger partial charge in [0.05, 0.1) is 18.8 Å². The summed E-state index contributed by atoms with van der Waals surface area (Å²) in [6.45, 7) is 3.22. The zero-order valence-corrected chi connectivity index (χ0v) is 16.1. The van der Waals surface area contributed by atoms with E-state index >= 15 is 0 Å². The number of nitrogens with zero attached hydrogens (tertiary/aromatic N) is 2. The van der Waals surface area contributed by atoms with Gasteiger partial charge in [0.2, 0.25) is 5.88 Å². The molecule has 144 valence electrons. The van der Waals surface area contributed by atoms with Gasteiger partial charge >= 0.3 is 0 Å². The second kappa shape index (κ2) is 9.71. The lowest BCUT2D eigenvalue weighted by Crippen LogP contribution is -2.28. The van der Waals surface area contributed by atoms with Crippen LogP contribution in [0.1, 0.15) is 17.3 Å². The molecule has 7 heteroatoms. The van der Waals surface area contributed by atoms with Crippen molar-refractivity contribution in [2.45, 2.75) is 6.92 Å². The van der Waals surface area contributed by atoms with Crippen molar-refractivity contribution >= 4 is 17.5 Å². The highest BCUT2D eigenvalue weighted by Gasteiger charge is 2.06. The fourth-order valence-electron chi connectivity index (χ4n) is 2.46. The first-order valence-electron chi connectivity index (χ1n) is 8.89. The Kier molecular flexibility index (Phi) is 6.81. The number of carbonyl (C=O) groups excluding carboxylic acids is 1. The van der Waals surface area contributed by atoms with Gasteiger partial charge in [0.25, 0.3) is 5.91 Å². The molecule has 0 fully saturated rings. The van der Waals surface area contributed by atoms with Crippen LogP contribution in [0.4, 0.5) is 0 Å². The third kappa shape index (κ3) is 5.44. The van der Waals surface area contributed by atoms with E-state index in [1.54, 1.807) is 30.3 Å². The van der Waals surface area contributed by atoms with Gasteiger partial charge in [0.1, 0.15) is 12.4 Å². The van der Waals surface area contributed by atoms with Gasteiger partial charge in [0.15, 0.2) is 0 Å². The first-order chi connectivity index (χ1) is 13.7. The predicted octanol–water partition coefficient (Wildman–Crippen LogP) is 4.00. The number of nitrogens with one attached hydrogen (secondary N) is 1. The van der Waals surface area contributed by atoms with Crippen LogP contribution < -0.4 is 14.8 Å². The summed E-state index contributed by atoms with van der Waals surface area (Å²) in [5.74, 6) is 1.03. The maximum absolute atomic E-state index is 12.0. The van der Waals surface area contributed by atoms with Crippen LogP contribution in [-0.2, 0) is 0 Å². The molecule has 0 radical (unpaired) electrons. The summed E-state index contributed by atoms with van der Waals surface area (Å²) >= 11 is 5.81. The summed E-state index contributed by atoms with van der Waals surface area (Å²) in [4.78, 5) is 12.0. The van der Waals surface area contributed by atoms with Crippen molar-refractivity contribution in [3.05, 3.63) is 71.2 Å². The third-order valence-electron chi connectivity index (χ3n) is 3.85. The first kappa shape index (κ1) is 19.6. The van der Waals surface area contributed by atoms with E-state index in [1.165, 1.54) is 0 Å². The lowest BCUT2D eigenvalue weighted by molar-refractivity contribution is 0.0946. The zero-order valence-electron chi connectivity index (χ0n) is 15.4. The maximum Gasteiger partial charge on any atom is 0.251 e. The smallest absolute Gasteiger partial charge is 0.251 e. The van der Waals surface area contributed by atoms with Crippen molar-refractivity contribution in [2.75, 3.05) is 19.8 Å². The summed E-state index contributed by atoms with van der Waals surface area (Å²) in [6.07, 6.45) is 0. The Bertz CT molecular complexity index is 898. The van der Waals surface area contributed by atoms with Crippen molar-refractivity contribution in [1.82, 2.24) is 15.5 Å². The Balaban J connectivity index is 1.46. The lowest BCUT2D eigenvalue weighted by Gasteiger charge is -2.08. The molecule has 6 nitrogen and oxygen atoms in total. The predicted molar refractivity (Wildman–Crippen MR) is 108 cm³/mol. The van der Waals surface area contributed by atoms with Gasteiger partial charge in [-0.05, 0) is 61.5 Å². The van der Waals surface area contributed by atoms with Crippen molar-refractivity contribution in [1.29, 1.82) is 0 Å². The lowest BCUT2D eigenvalue weighted by atomic mass is 10.1. The van der Waals surface area contributed by atoms with Crippen LogP contribution >= 0.6 is 11.6 Å². The standard InChI is InChI=1S/C21H20ClN3O3/c1-2-27-18-9-5-15(6-10-18)19-11-12-20(25-24-19)28-14-13-23-21(26)16-3-7-17(22)8-4-16/h3-12H,2,13-14H2,1H3,(H,23,26). The minimum atomic E-state index is -0.183. The molecule has 0 spiro atoms. The molecule has 28 heavy (non-hydrogen) atoms. The second-order valence-corrected chi connectivity index (χ2v) is 6.26. The van der Waals surface area contributed by atoms with Crippen LogP contribution in [0.5, 0.6) is 11.6 Å². The number of carbonyl (C=O) groups is 1. The van der Waals surface area contributed by atoms with Crippen LogP contribution in [0, 0.1) is 0 Å². The molecule has 0 atom stereocenters. The summed E-state index contributed by atoms with van der Waals surface area (Å²) in [5, 5.41) is 11.6. The van der Waals surface area contributed by atoms with Gasteiger partial charge in [-0.2, -0.15) is 0 Å². The molecule has 0 aliphatic rings. The van der Waals surface area contributed by atoms with E-state index in [0.717, 1.165) is 17.0 Å². The van der Waals surface area contributed by atoms with Gasteiger partial charge in [-0.25, -0.2) is 0 Å². The number of aromatic nitrogens is 2. The summed E-state index contributed by atoms with van der Waals surface area (Å²) in [7, 11) is 0. The number of ether oxygens (including phenoxy) is 2. The number of halogens is 1. The molecule has 1 amide bonds. The maximum atomic E-state index is 12.0. The second-order valence-electron chi connectivity index (χ2n) is 5.83. The Morgan fingerprint density at radius 1 is 0.964 bits per heavy atom. The fraction of sp³-hybridized carbons (Fsp3) is 0.190. The van der Waals surface area contributed by atoms with E-state index in [-0.39, 0.29) is 12.5 Å². The highest BCUT2D eigenvalue weighted by molar-refractivity contribution is 6.30. The molecule has 0 aliphatic carbocycles. The number of benzene rings is 2. The van der Waals surface area contributed by atoms with Crippen LogP contribution in [0.25, 0.3) is 11.3 Å². The largest absolute Gasteiger partial charge is 0.494 e. The summed E-state index contributed by atoms with van der Waals surface area (Å²) in [5.41, 5.74) is 2.23.